The highest BCUT2D eigenvalue weighted by atomic mass is 35.5. The molecule has 0 bridgehead atoms. The molecular weight excluding hydrogens is 256 g/mol. The zero-order chi connectivity index (χ0) is 13.0. The monoisotopic (exact) mass is 266 g/mol. The molecule has 0 spiro atoms. The maximum absolute atomic E-state index is 11.3. The predicted molar refractivity (Wildman–Crippen MR) is 65.3 cm³/mol. The molecule has 0 unspecified atom stereocenters. The fraction of sp³-hybridized carbons (Fsp3) is 0.250. The topological polar surface area (TPSA) is 65.2 Å². The molecule has 1 heterocycles. The second-order valence-corrected chi connectivity index (χ2v) is 4.11. The number of rotatable bonds is 5. The van der Waals surface area contributed by atoms with Gasteiger partial charge in [-0.1, -0.05) is 28.9 Å². The number of ketones is 1. The van der Waals surface area contributed by atoms with Crippen molar-refractivity contribution in [3.63, 3.8) is 0 Å². The molecule has 0 aliphatic rings. The first-order valence-electron chi connectivity index (χ1n) is 5.28. The Morgan fingerprint density at radius 3 is 3.06 bits per heavy atom. The highest BCUT2D eigenvalue weighted by Crippen LogP contribution is 2.19. The lowest BCUT2D eigenvalue weighted by Gasteiger charge is -1.94. The number of hydrogen-bond acceptors (Lipinski definition) is 5. The zero-order valence-electron chi connectivity index (χ0n) is 9.72. The molecule has 5 nitrogen and oxygen atoms in total. The Morgan fingerprint density at radius 1 is 1.50 bits per heavy atom. The van der Waals surface area contributed by atoms with Gasteiger partial charge in [-0.25, -0.2) is 0 Å². The van der Waals surface area contributed by atoms with Gasteiger partial charge in [0.2, 0.25) is 11.7 Å². The lowest BCUT2D eigenvalue weighted by molar-refractivity contribution is -0.122. The summed E-state index contributed by atoms with van der Waals surface area (Å²) >= 11 is 5.87. The lowest BCUT2D eigenvalue weighted by atomic mass is 10.2. The molecule has 2 aromatic rings. The van der Waals surface area contributed by atoms with Crippen LogP contribution in [0.25, 0.3) is 11.4 Å². The molecule has 1 aromatic heterocycles. The summed E-state index contributed by atoms with van der Waals surface area (Å²) in [5, 5.41) is 4.39. The number of hydrogen-bond donors (Lipinski definition) is 0. The van der Waals surface area contributed by atoms with Crippen LogP contribution >= 0.6 is 11.6 Å². The maximum Gasteiger partial charge on any atom is 0.234 e. The first kappa shape index (κ1) is 12.7. The van der Waals surface area contributed by atoms with Gasteiger partial charge < -0.3 is 9.26 Å². The molecule has 0 atom stereocenters. The Morgan fingerprint density at radius 2 is 2.33 bits per heavy atom. The van der Waals surface area contributed by atoms with E-state index in [1.807, 2.05) is 6.07 Å². The predicted octanol–water partition coefficient (Wildman–Crippen LogP) is 2.15. The fourth-order valence-electron chi connectivity index (χ4n) is 1.45. The summed E-state index contributed by atoms with van der Waals surface area (Å²) in [6.45, 7) is 0.0366. The summed E-state index contributed by atoms with van der Waals surface area (Å²) in [5.41, 5.74) is 0.747. The van der Waals surface area contributed by atoms with E-state index in [9.17, 15) is 4.79 Å². The summed E-state index contributed by atoms with van der Waals surface area (Å²) in [6, 6.07) is 7.10. The van der Waals surface area contributed by atoms with E-state index in [0.29, 0.717) is 10.8 Å². The van der Waals surface area contributed by atoms with Crippen LogP contribution in [0.15, 0.2) is 28.8 Å². The molecule has 0 saturated carbocycles. The fourth-order valence-corrected chi connectivity index (χ4v) is 1.64. The quantitative estimate of drug-likeness (QED) is 0.830. The Balaban J connectivity index is 2.13. The van der Waals surface area contributed by atoms with Gasteiger partial charge in [-0.2, -0.15) is 4.98 Å². The van der Waals surface area contributed by atoms with Gasteiger partial charge in [0, 0.05) is 17.7 Å². The minimum atomic E-state index is -0.112. The summed E-state index contributed by atoms with van der Waals surface area (Å²) in [5.74, 6) is 0.573. The minimum absolute atomic E-state index is 0.0366. The van der Waals surface area contributed by atoms with Crippen LogP contribution in [0.4, 0.5) is 0 Å². The average molecular weight is 267 g/mol. The molecule has 6 heteroatoms. The largest absolute Gasteiger partial charge is 0.377 e. The second-order valence-electron chi connectivity index (χ2n) is 3.67. The van der Waals surface area contributed by atoms with Crippen molar-refractivity contribution in [1.82, 2.24) is 10.1 Å². The maximum atomic E-state index is 11.3. The molecule has 0 radical (unpaired) electrons. The Hall–Kier alpha value is -1.72. The van der Waals surface area contributed by atoms with Gasteiger partial charge in [-0.05, 0) is 12.1 Å². The smallest absolute Gasteiger partial charge is 0.234 e. The zero-order valence-corrected chi connectivity index (χ0v) is 10.5. The molecule has 0 aliphatic heterocycles. The lowest BCUT2D eigenvalue weighted by Crippen LogP contribution is -2.09. The van der Waals surface area contributed by atoms with E-state index in [1.54, 1.807) is 18.2 Å². The first-order valence-corrected chi connectivity index (χ1v) is 5.66. The molecule has 2 rings (SSSR count). The Bertz CT molecular complexity index is 554. The highest BCUT2D eigenvalue weighted by Gasteiger charge is 2.12. The third kappa shape index (κ3) is 3.15. The van der Waals surface area contributed by atoms with E-state index in [-0.39, 0.29) is 24.7 Å². The van der Waals surface area contributed by atoms with Gasteiger partial charge in [0.05, 0.1) is 6.42 Å². The van der Waals surface area contributed by atoms with Crippen LogP contribution in [0.2, 0.25) is 5.02 Å². The number of carbonyl (C=O) groups is 1. The Kier molecular flexibility index (Phi) is 4.07. The molecule has 94 valence electrons. The van der Waals surface area contributed by atoms with Crippen molar-refractivity contribution in [3.8, 4) is 11.4 Å². The number of carbonyl (C=O) groups excluding carboxylic acids is 1. The number of aromatic nitrogens is 2. The SMILES string of the molecule is COCC(=O)Cc1nc(-c2cccc(Cl)c2)no1. The third-order valence-corrected chi connectivity index (χ3v) is 2.44. The van der Waals surface area contributed by atoms with Gasteiger partial charge in [0.25, 0.3) is 0 Å². The van der Waals surface area contributed by atoms with Crippen LogP contribution in [-0.2, 0) is 16.0 Å². The molecule has 0 aliphatic carbocycles. The molecule has 0 fully saturated rings. The number of halogens is 1. The van der Waals surface area contributed by atoms with Gasteiger partial charge in [-0.3, -0.25) is 4.79 Å². The standard InChI is InChI=1S/C12H11ClN2O3/c1-17-7-10(16)6-11-14-12(15-18-11)8-3-2-4-9(13)5-8/h2-5H,6-7H2,1H3. The van der Waals surface area contributed by atoms with Crippen LogP contribution in [0, 0.1) is 0 Å². The van der Waals surface area contributed by atoms with Crippen LogP contribution in [0.1, 0.15) is 5.89 Å². The van der Waals surface area contributed by atoms with Crippen molar-refractivity contribution in [2.75, 3.05) is 13.7 Å². The highest BCUT2D eigenvalue weighted by molar-refractivity contribution is 6.30. The second kappa shape index (κ2) is 5.75. The van der Waals surface area contributed by atoms with Crippen molar-refractivity contribution in [3.05, 3.63) is 35.2 Å². The molecular formula is C12H11ClN2O3. The number of nitrogens with zero attached hydrogens (tertiary/aromatic N) is 2. The normalized spacial score (nSPS) is 10.6. The van der Waals surface area contributed by atoms with Crippen molar-refractivity contribution in [2.24, 2.45) is 0 Å². The first-order chi connectivity index (χ1) is 8.69. The molecule has 0 N–H and O–H groups in total. The summed E-state index contributed by atoms with van der Waals surface area (Å²) in [7, 11) is 1.46. The van der Waals surface area contributed by atoms with E-state index in [1.165, 1.54) is 7.11 Å². The van der Waals surface area contributed by atoms with Crippen LogP contribution < -0.4 is 0 Å². The van der Waals surface area contributed by atoms with Crippen LogP contribution in [-0.4, -0.2) is 29.6 Å². The van der Waals surface area contributed by atoms with Crippen molar-refractivity contribution >= 4 is 17.4 Å². The average Bonchev–Trinajstić information content (AvgIpc) is 2.78. The van der Waals surface area contributed by atoms with E-state index in [4.69, 9.17) is 20.9 Å². The summed E-state index contributed by atoms with van der Waals surface area (Å²) in [4.78, 5) is 15.5. The molecule has 1 aromatic carbocycles. The van der Waals surface area contributed by atoms with Gasteiger partial charge >= 0.3 is 0 Å². The molecule has 18 heavy (non-hydrogen) atoms. The van der Waals surface area contributed by atoms with Gasteiger partial charge in [-0.15, -0.1) is 0 Å². The molecule has 0 amide bonds. The van der Waals surface area contributed by atoms with Gasteiger partial charge in [0.15, 0.2) is 5.78 Å². The van der Waals surface area contributed by atoms with Crippen LogP contribution in [0.5, 0.6) is 0 Å². The summed E-state index contributed by atoms with van der Waals surface area (Å²) in [6.07, 6.45) is 0.0708. The third-order valence-electron chi connectivity index (χ3n) is 2.20. The number of ether oxygens (including phenoxy) is 1. The van der Waals surface area contributed by atoms with Gasteiger partial charge in [0.1, 0.15) is 6.61 Å². The minimum Gasteiger partial charge on any atom is -0.377 e. The van der Waals surface area contributed by atoms with E-state index in [0.717, 1.165) is 5.56 Å². The Labute approximate surface area is 109 Å². The van der Waals surface area contributed by atoms with E-state index in [2.05, 4.69) is 10.1 Å². The number of methoxy groups -OCH3 is 1. The summed E-state index contributed by atoms with van der Waals surface area (Å²) < 4.78 is 9.72. The van der Waals surface area contributed by atoms with Crippen LogP contribution in [0.3, 0.4) is 0 Å². The van der Waals surface area contributed by atoms with E-state index < -0.39 is 0 Å². The number of Topliss-reactive ketones (excluding diaryl/α,β-unsaturated/α-hetero) is 1. The number of benzene rings is 1. The van der Waals surface area contributed by atoms with Crippen molar-refractivity contribution in [1.29, 1.82) is 0 Å². The van der Waals surface area contributed by atoms with Crippen molar-refractivity contribution < 1.29 is 14.1 Å². The van der Waals surface area contributed by atoms with Crippen molar-refractivity contribution in [2.45, 2.75) is 6.42 Å². The van der Waals surface area contributed by atoms with E-state index >= 15 is 0 Å². The molecule has 0 saturated heterocycles.